The smallest absolute Gasteiger partial charge is 0.252 e. The van der Waals surface area contributed by atoms with Gasteiger partial charge in [-0.15, -0.1) is 0 Å². The number of carbonyl (C=O) groups is 1. The second kappa shape index (κ2) is 6.25. The summed E-state index contributed by atoms with van der Waals surface area (Å²) in [6.07, 6.45) is 1.05. The van der Waals surface area contributed by atoms with Crippen molar-refractivity contribution in [2.75, 3.05) is 17.5 Å². The van der Waals surface area contributed by atoms with Gasteiger partial charge in [-0.05, 0) is 24.1 Å². The summed E-state index contributed by atoms with van der Waals surface area (Å²) in [4.78, 5) is 11.8. The van der Waals surface area contributed by atoms with Gasteiger partial charge in [-0.3, -0.25) is 9.52 Å². The second-order valence-corrected chi connectivity index (χ2v) is 6.83. The van der Waals surface area contributed by atoms with Crippen molar-refractivity contribution in [3.05, 3.63) is 28.8 Å². The first-order valence-electron chi connectivity index (χ1n) is 5.74. The number of hydrogen-bond acceptors (Lipinski definition) is 3. The molecule has 19 heavy (non-hydrogen) atoms. The highest BCUT2D eigenvalue weighted by Crippen LogP contribution is 2.21. The Balaban J connectivity index is 2.85. The molecule has 1 rings (SSSR count). The number of carbonyl (C=O) groups excluding carboxylic acids is 1. The lowest BCUT2D eigenvalue weighted by Crippen LogP contribution is -2.27. The summed E-state index contributed by atoms with van der Waals surface area (Å²) in [7, 11) is -3.36. The maximum Gasteiger partial charge on any atom is 0.252 e. The molecule has 0 atom stereocenters. The van der Waals surface area contributed by atoms with Crippen molar-refractivity contribution in [3.8, 4) is 0 Å². The zero-order chi connectivity index (χ0) is 14.6. The fraction of sp³-hybridized carbons (Fsp3) is 0.417. The van der Waals surface area contributed by atoms with Gasteiger partial charge in [-0.25, -0.2) is 8.42 Å². The average Bonchev–Trinajstić information content (AvgIpc) is 2.23. The van der Waals surface area contributed by atoms with E-state index in [1.807, 2.05) is 13.8 Å². The molecule has 0 aliphatic carbocycles. The molecule has 1 aromatic rings. The van der Waals surface area contributed by atoms with Gasteiger partial charge >= 0.3 is 0 Å². The second-order valence-electron chi connectivity index (χ2n) is 4.67. The monoisotopic (exact) mass is 304 g/mol. The standard InChI is InChI=1S/C12H17ClN2O3S/c1-8(2)7-14-12(16)10-5-4-9(6-11(10)13)15-19(3,17)18/h4-6,8,15H,7H2,1-3H3,(H,14,16). The largest absolute Gasteiger partial charge is 0.352 e. The molecule has 1 amide bonds. The molecule has 0 aliphatic heterocycles. The molecule has 0 saturated carbocycles. The van der Waals surface area contributed by atoms with Crippen molar-refractivity contribution in [1.82, 2.24) is 5.32 Å². The molecular formula is C12H17ClN2O3S. The summed E-state index contributed by atoms with van der Waals surface area (Å²) in [5, 5.41) is 2.95. The number of anilines is 1. The minimum atomic E-state index is -3.36. The summed E-state index contributed by atoms with van der Waals surface area (Å²) >= 11 is 5.97. The minimum absolute atomic E-state index is 0.204. The first-order chi connectivity index (χ1) is 8.69. The van der Waals surface area contributed by atoms with Gasteiger partial charge in [0.2, 0.25) is 10.0 Å². The Morgan fingerprint density at radius 2 is 2.00 bits per heavy atom. The summed E-state index contributed by atoms with van der Waals surface area (Å²) in [5.74, 6) is 0.0681. The fourth-order valence-corrected chi connectivity index (χ4v) is 2.19. The zero-order valence-corrected chi connectivity index (χ0v) is 12.6. The van der Waals surface area contributed by atoms with Crippen LogP contribution in [0, 0.1) is 5.92 Å². The third-order valence-electron chi connectivity index (χ3n) is 2.19. The van der Waals surface area contributed by atoms with Gasteiger partial charge in [0.1, 0.15) is 0 Å². The molecule has 0 unspecified atom stereocenters. The van der Waals surface area contributed by atoms with Crippen LogP contribution in [0.15, 0.2) is 18.2 Å². The number of nitrogens with one attached hydrogen (secondary N) is 2. The Labute approximate surface area is 118 Å². The summed E-state index contributed by atoms with van der Waals surface area (Å²) in [5.41, 5.74) is 0.647. The number of amides is 1. The highest BCUT2D eigenvalue weighted by molar-refractivity contribution is 7.92. The quantitative estimate of drug-likeness (QED) is 0.874. The molecule has 0 heterocycles. The number of rotatable bonds is 5. The van der Waals surface area contributed by atoms with Crippen LogP contribution < -0.4 is 10.0 Å². The molecule has 1 aromatic carbocycles. The first kappa shape index (κ1) is 15.8. The lowest BCUT2D eigenvalue weighted by atomic mass is 10.1. The molecule has 0 aromatic heterocycles. The minimum Gasteiger partial charge on any atom is -0.352 e. The molecule has 106 valence electrons. The predicted molar refractivity (Wildman–Crippen MR) is 77.1 cm³/mol. The van der Waals surface area contributed by atoms with E-state index in [-0.39, 0.29) is 10.9 Å². The van der Waals surface area contributed by atoms with Crippen molar-refractivity contribution in [3.63, 3.8) is 0 Å². The number of sulfonamides is 1. The maximum atomic E-state index is 11.8. The van der Waals surface area contributed by atoms with Crippen LogP contribution in [0.25, 0.3) is 0 Å². The summed E-state index contributed by atoms with van der Waals surface area (Å²) < 4.78 is 24.4. The van der Waals surface area contributed by atoms with Crippen molar-refractivity contribution < 1.29 is 13.2 Å². The van der Waals surface area contributed by atoms with Gasteiger partial charge in [0, 0.05) is 12.2 Å². The van der Waals surface area contributed by atoms with Gasteiger partial charge in [-0.2, -0.15) is 0 Å². The Morgan fingerprint density at radius 3 is 2.47 bits per heavy atom. The molecule has 7 heteroatoms. The predicted octanol–water partition coefficient (Wildman–Crippen LogP) is 2.10. The molecule has 0 saturated heterocycles. The fourth-order valence-electron chi connectivity index (χ4n) is 1.37. The van der Waals surface area contributed by atoms with Crippen molar-refractivity contribution in [1.29, 1.82) is 0 Å². The van der Waals surface area contributed by atoms with Gasteiger partial charge in [0.15, 0.2) is 0 Å². The van der Waals surface area contributed by atoms with Crippen molar-refractivity contribution in [2.24, 2.45) is 5.92 Å². The highest BCUT2D eigenvalue weighted by atomic mass is 35.5. The van der Waals surface area contributed by atoms with Gasteiger partial charge < -0.3 is 5.32 Å². The Hall–Kier alpha value is -1.27. The summed E-state index contributed by atoms with van der Waals surface area (Å²) in [6.45, 7) is 4.53. The maximum absolute atomic E-state index is 11.8. The van der Waals surface area contributed by atoms with E-state index < -0.39 is 10.0 Å². The molecular weight excluding hydrogens is 288 g/mol. The lowest BCUT2D eigenvalue weighted by Gasteiger charge is -2.10. The highest BCUT2D eigenvalue weighted by Gasteiger charge is 2.12. The Bertz CT molecular complexity index is 570. The van der Waals surface area contributed by atoms with E-state index in [1.165, 1.54) is 18.2 Å². The Morgan fingerprint density at radius 1 is 1.37 bits per heavy atom. The topological polar surface area (TPSA) is 75.3 Å². The number of halogens is 1. The van der Waals surface area contributed by atoms with Crippen molar-refractivity contribution >= 4 is 33.2 Å². The number of hydrogen-bond donors (Lipinski definition) is 2. The Kier molecular flexibility index (Phi) is 5.20. The van der Waals surface area contributed by atoms with E-state index in [4.69, 9.17) is 11.6 Å². The van der Waals surface area contributed by atoms with E-state index in [1.54, 1.807) is 0 Å². The molecule has 2 N–H and O–H groups in total. The molecule has 0 fully saturated rings. The zero-order valence-electron chi connectivity index (χ0n) is 11.0. The molecule has 0 radical (unpaired) electrons. The van der Waals surface area contributed by atoms with Crippen molar-refractivity contribution in [2.45, 2.75) is 13.8 Å². The first-order valence-corrected chi connectivity index (χ1v) is 8.01. The van der Waals surface area contributed by atoms with Crippen LogP contribution >= 0.6 is 11.6 Å². The van der Waals surface area contributed by atoms with Crippen LogP contribution in [0.1, 0.15) is 24.2 Å². The van der Waals surface area contributed by atoms with E-state index >= 15 is 0 Å². The van der Waals surface area contributed by atoms with E-state index in [0.717, 1.165) is 6.26 Å². The van der Waals surface area contributed by atoms with E-state index in [2.05, 4.69) is 10.0 Å². The van der Waals surface area contributed by atoms with Crippen LogP contribution in [-0.2, 0) is 10.0 Å². The van der Waals surface area contributed by atoms with Crippen LogP contribution in [-0.4, -0.2) is 27.1 Å². The number of benzene rings is 1. The molecule has 5 nitrogen and oxygen atoms in total. The van der Waals surface area contributed by atoms with E-state index in [0.29, 0.717) is 23.7 Å². The van der Waals surface area contributed by atoms with Crippen LogP contribution in [0.4, 0.5) is 5.69 Å². The third kappa shape index (κ3) is 5.48. The van der Waals surface area contributed by atoms with E-state index in [9.17, 15) is 13.2 Å². The third-order valence-corrected chi connectivity index (χ3v) is 3.11. The average molecular weight is 305 g/mol. The van der Waals surface area contributed by atoms with Crippen LogP contribution in [0.5, 0.6) is 0 Å². The normalized spacial score (nSPS) is 11.4. The SMILES string of the molecule is CC(C)CNC(=O)c1ccc(NS(C)(=O)=O)cc1Cl. The van der Waals surface area contributed by atoms with Crippen LogP contribution in [0.3, 0.4) is 0 Å². The van der Waals surface area contributed by atoms with Gasteiger partial charge in [0.25, 0.3) is 5.91 Å². The molecule has 0 spiro atoms. The summed E-state index contributed by atoms with van der Waals surface area (Å²) in [6, 6.07) is 4.40. The lowest BCUT2D eigenvalue weighted by molar-refractivity contribution is 0.0949. The molecule has 0 bridgehead atoms. The molecule has 0 aliphatic rings. The van der Waals surface area contributed by atoms with Crippen LogP contribution in [0.2, 0.25) is 5.02 Å². The van der Waals surface area contributed by atoms with Gasteiger partial charge in [-0.1, -0.05) is 25.4 Å². The van der Waals surface area contributed by atoms with Gasteiger partial charge in [0.05, 0.1) is 16.8 Å².